The number of benzene rings is 1. The Balaban J connectivity index is 2.12. The first-order chi connectivity index (χ1) is 13.5. The minimum atomic E-state index is -0.740. The summed E-state index contributed by atoms with van der Waals surface area (Å²) < 4.78 is 11.2. The van der Waals surface area contributed by atoms with E-state index < -0.39 is 17.7 Å². The van der Waals surface area contributed by atoms with Gasteiger partial charge in [-0.05, 0) is 44.5 Å². The number of ketones is 1. The molecule has 1 N–H and O–H groups in total. The molecule has 1 atom stereocenters. The van der Waals surface area contributed by atoms with Crippen LogP contribution in [0.15, 0.2) is 46.4 Å². The molecular formula is C22H25NO5. The van der Waals surface area contributed by atoms with Crippen LogP contribution in [0.5, 0.6) is 5.75 Å². The second kappa shape index (κ2) is 8.33. The second-order valence-electron chi connectivity index (χ2n) is 6.76. The lowest BCUT2D eigenvalue weighted by atomic mass is 9.99. The molecule has 0 bridgehead atoms. The van der Waals surface area contributed by atoms with Crippen molar-refractivity contribution in [2.24, 2.45) is 0 Å². The SMILES string of the molecule is CCCCN1C(=O)C(=O)/C(=C(\O)c2cccc(OCC)c2)C1c1ccc(C)o1. The Morgan fingerprint density at radius 2 is 2.00 bits per heavy atom. The molecular weight excluding hydrogens is 358 g/mol. The fourth-order valence-electron chi connectivity index (χ4n) is 3.39. The lowest BCUT2D eigenvalue weighted by Crippen LogP contribution is -2.30. The largest absolute Gasteiger partial charge is 0.507 e. The molecule has 1 amide bonds. The smallest absolute Gasteiger partial charge is 0.295 e. The maximum absolute atomic E-state index is 12.8. The van der Waals surface area contributed by atoms with Crippen molar-refractivity contribution < 1.29 is 23.8 Å². The van der Waals surface area contributed by atoms with E-state index >= 15 is 0 Å². The summed E-state index contributed by atoms with van der Waals surface area (Å²) in [4.78, 5) is 27.0. The minimum Gasteiger partial charge on any atom is -0.507 e. The lowest BCUT2D eigenvalue weighted by molar-refractivity contribution is -0.140. The van der Waals surface area contributed by atoms with Crippen molar-refractivity contribution in [3.8, 4) is 5.75 Å². The van der Waals surface area contributed by atoms with Crippen molar-refractivity contribution in [3.63, 3.8) is 0 Å². The third kappa shape index (κ3) is 3.67. The summed E-state index contributed by atoms with van der Waals surface area (Å²) in [6, 6.07) is 9.63. The van der Waals surface area contributed by atoms with Crippen molar-refractivity contribution in [2.75, 3.05) is 13.2 Å². The maximum atomic E-state index is 12.8. The molecule has 0 saturated carbocycles. The van der Waals surface area contributed by atoms with Crippen LogP contribution in [0, 0.1) is 6.92 Å². The van der Waals surface area contributed by atoms with Crippen LogP contribution >= 0.6 is 0 Å². The van der Waals surface area contributed by atoms with E-state index in [4.69, 9.17) is 9.15 Å². The monoisotopic (exact) mass is 383 g/mol. The van der Waals surface area contributed by atoms with Crippen molar-refractivity contribution in [1.29, 1.82) is 0 Å². The number of rotatable bonds is 7. The van der Waals surface area contributed by atoms with Gasteiger partial charge in [-0.3, -0.25) is 9.59 Å². The highest BCUT2D eigenvalue weighted by atomic mass is 16.5. The number of likely N-dealkylation sites (tertiary alicyclic amines) is 1. The quantitative estimate of drug-likeness (QED) is 0.440. The molecule has 1 fully saturated rings. The standard InChI is InChI=1S/C22H25NO5/c1-4-6-12-23-19(17-11-10-14(3)28-17)18(21(25)22(23)26)20(24)15-8-7-9-16(13-15)27-5-2/h7-11,13,19,24H,4-6,12H2,1-3H3/b20-18-. The first-order valence-electron chi connectivity index (χ1n) is 9.55. The third-order valence-electron chi connectivity index (χ3n) is 4.74. The molecule has 1 saturated heterocycles. The molecule has 148 valence electrons. The van der Waals surface area contributed by atoms with Crippen LogP contribution in [0.25, 0.3) is 5.76 Å². The number of carbonyl (C=O) groups is 2. The molecule has 1 aliphatic heterocycles. The fourth-order valence-corrected chi connectivity index (χ4v) is 3.39. The molecule has 2 heterocycles. The number of amides is 1. The van der Waals surface area contributed by atoms with Crippen molar-refractivity contribution >= 4 is 17.4 Å². The average molecular weight is 383 g/mol. The van der Waals surface area contributed by atoms with E-state index in [1.54, 1.807) is 43.3 Å². The molecule has 28 heavy (non-hydrogen) atoms. The van der Waals surface area contributed by atoms with Crippen molar-refractivity contribution in [3.05, 3.63) is 59.1 Å². The molecule has 1 aromatic carbocycles. The van der Waals surface area contributed by atoms with Crippen LogP contribution in [0.1, 0.15) is 49.8 Å². The number of aliphatic hydroxyl groups excluding tert-OH is 1. The number of carbonyl (C=O) groups excluding carboxylic acids is 2. The summed E-state index contributed by atoms with van der Waals surface area (Å²) in [5, 5.41) is 11.0. The van der Waals surface area contributed by atoms with E-state index in [-0.39, 0.29) is 11.3 Å². The Labute approximate surface area is 164 Å². The first-order valence-corrected chi connectivity index (χ1v) is 9.55. The zero-order chi connectivity index (χ0) is 20.3. The zero-order valence-corrected chi connectivity index (χ0v) is 16.4. The van der Waals surface area contributed by atoms with Gasteiger partial charge in [-0.15, -0.1) is 0 Å². The summed E-state index contributed by atoms with van der Waals surface area (Å²) in [6.45, 7) is 6.58. The molecule has 2 aromatic rings. The third-order valence-corrected chi connectivity index (χ3v) is 4.74. The zero-order valence-electron chi connectivity index (χ0n) is 16.4. The average Bonchev–Trinajstić information content (AvgIpc) is 3.22. The molecule has 3 rings (SSSR count). The van der Waals surface area contributed by atoms with Crippen LogP contribution in [-0.4, -0.2) is 34.8 Å². The number of aryl methyl sites for hydroxylation is 1. The van der Waals surface area contributed by atoms with Gasteiger partial charge >= 0.3 is 0 Å². The minimum absolute atomic E-state index is 0.0455. The molecule has 1 aliphatic rings. The van der Waals surface area contributed by atoms with Gasteiger partial charge in [0.05, 0.1) is 12.2 Å². The van der Waals surface area contributed by atoms with Gasteiger partial charge in [0.2, 0.25) is 0 Å². The van der Waals surface area contributed by atoms with Crippen molar-refractivity contribution in [2.45, 2.75) is 39.7 Å². The molecule has 0 aliphatic carbocycles. The Morgan fingerprint density at radius 3 is 2.64 bits per heavy atom. The van der Waals surface area contributed by atoms with E-state index in [2.05, 4.69) is 0 Å². The van der Waals surface area contributed by atoms with Crippen LogP contribution in [0.4, 0.5) is 0 Å². The molecule has 1 unspecified atom stereocenters. The molecule has 0 spiro atoms. The van der Waals surface area contributed by atoms with E-state index in [9.17, 15) is 14.7 Å². The van der Waals surface area contributed by atoms with Gasteiger partial charge in [0, 0.05) is 12.1 Å². The Bertz CT molecular complexity index is 911. The number of unbranched alkanes of at least 4 members (excludes halogenated alkanes) is 1. The summed E-state index contributed by atoms with van der Waals surface area (Å²) >= 11 is 0. The number of ether oxygens (including phenoxy) is 1. The highest BCUT2D eigenvalue weighted by Crippen LogP contribution is 2.40. The lowest BCUT2D eigenvalue weighted by Gasteiger charge is -2.23. The summed E-state index contributed by atoms with van der Waals surface area (Å²) in [6.07, 6.45) is 1.63. The van der Waals surface area contributed by atoms with Gasteiger partial charge < -0.3 is 19.2 Å². The van der Waals surface area contributed by atoms with Gasteiger partial charge in [0.15, 0.2) is 0 Å². The Hall–Kier alpha value is -3.02. The van der Waals surface area contributed by atoms with Gasteiger partial charge in [-0.25, -0.2) is 0 Å². The van der Waals surface area contributed by atoms with E-state index in [1.807, 2.05) is 13.8 Å². The predicted octanol–water partition coefficient (Wildman–Crippen LogP) is 4.21. The number of nitrogens with zero attached hydrogens (tertiary/aromatic N) is 1. The number of furan rings is 1. The highest BCUT2D eigenvalue weighted by molar-refractivity contribution is 6.46. The normalized spacial score (nSPS) is 18.7. The Morgan fingerprint density at radius 1 is 1.21 bits per heavy atom. The van der Waals surface area contributed by atoms with Gasteiger partial charge in [0.1, 0.15) is 29.1 Å². The summed E-state index contributed by atoms with van der Waals surface area (Å²) in [5.41, 5.74) is 0.469. The fraction of sp³-hybridized carbons (Fsp3) is 0.364. The number of aliphatic hydroxyl groups is 1. The predicted molar refractivity (Wildman–Crippen MR) is 105 cm³/mol. The molecule has 6 heteroatoms. The number of hydrogen-bond acceptors (Lipinski definition) is 5. The van der Waals surface area contributed by atoms with Crippen molar-refractivity contribution in [1.82, 2.24) is 4.90 Å². The van der Waals surface area contributed by atoms with Crippen LogP contribution < -0.4 is 4.74 Å². The molecule has 1 aromatic heterocycles. The van der Waals surface area contributed by atoms with Crippen LogP contribution in [0.3, 0.4) is 0 Å². The van der Waals surface area contributed by atoms with Crippen LogP contribution in [0.2, 0.25) is 0 Å². The van der Waals surface area contributed by atoms with Crippen LogP contribution in [-0.2, 0) is 9.59 Å². The van der Waals surface area contributed by atoms with Gasteiger partial charge in [-0.1, -0.05) is 25.5 Å². The van der Waals surface area contributed by atoms with E-state index in [0.29, 0.717) is 36.0 Å². The van der Waals surface area contributed by atoms with E-state index in [1.165, 1.54) is 4.90 Å². The second-order valence-corrected chi connectivity index (χ2v) is 6.76. The molecule has 6 nitrogen and oxygen atoms in total. The Kier molecular flexibility index (Phi) is 5.87. The summed E-state index contributed by atoms with van der Waals surface area (Å²) in [5.74, 6) is 0.185. The topological polar surface area (TPSA) is 80.0 Å². The number of Topliss-reactive ketones (excluding diaryl/α,β-unsaturated/α-hetero) is 1. The maximum Gasteiger partial charge on any atom is 0.295 e. The highest BCUT2D eigenvalue weighted by Gasteiger charge is 2.47. The van der Waals surface area contributed by atoms with Gasteiger partial charge in [0.25, 0.3) is 11.7 Å². The summed E-state index contributed by atoms with van der Waals surface area (Å²) in [7, 11) is 0. The first kappa shape index (κ1) is 19.7. The molecule has 0 radical (unpaired) electrons. The van der Waals surface area contributed by atoms with Gasteiger partial charge in [-0.2, -0.15) is 0 Å². The van der Waals surface area contributed by atoms with E-state index in [0.717, 1.165) is 12.8 Å². The number of hydrogen-bond donors (Lipinski definition) is 1.